The predicted molar refractivity (Wildman–Crippen MR) is 68.2 cm³/mol. The van der Waals surface area contributed by atoms with Gasteiger partial charge in [-0.05, 0) is 17.7 Å². The van der Waals surface area contributed by atoms with Crippen molar-refractivity contribution in [1.82, 2.24) is 0 Å². The highest BCUT2D eigenvalue weighted by Crippen LogP contribution is 2.64. The number of benzene rings is 1. The molecule has 2 atom stereocenters. The fourth-order valence-corrected chi connectivity index (χ4v) is 3.07. The summed E-state index contributed by atoms with van der Waals surface area (Å²) in [6, 6.07) is 3.26. The third kappa shape index (κ3) is 1.93. The van der Waals surface area contributed by atoms with Crippen LogP contribution < -0.4 is 0 Å². The second kappa shape index (κ2) is 4.22. The molecule has 1 saturated carbocycles. The summed E-state index contributed by atoms with van der Waals surface area (Å²) in [4.78, 5) is 10.7. The molecule has 0 spiro atoms. The van der Waals surface area contributed by atoms with Crippen LogP contribution >= 0.6 is 58.0 Å². The van der Waals surface area contributed by atoms with Crippen LogP contribution in [0.5, 0.6) is 0 Å². The van der Waals surface area contributed by atoms with Crippen molar-refractivity contribution in [3.05, 3.63) is 32.8 Å². The van der Waals surface area contributed by atoms with Crippen molar-refractivity contribution in [2.24, 2.45) is 5.92 Å². The van der Waals surface area contributed by atoms with Crippen LogP contribution in [0, 0.1) is 5.92 Å². The number of rotatable bonds is 2. The number of aldehydes is 1. The van der Waals surface area contributed by atoms with Gasteiger partial charge in [-0.25, -0.2) is 0 Å². The van der Waals surface area contributed by atoms with Crippen molar-refractivity contribution in [3.8, 4) is 0 Å². The Morgan fingerprint density at radius 2 is 1.62 bits per heavy atom. The van der Waals surface area contributed by atoms with Gasteiger partial charge in [0.15, 0.2) is 0 Å². The molecule has 1 aromatic rings. The van der Waals surface area contributed by atoms with Crippen LogP contribution in [0.15, 0.2) is 12.1 Å². The second-order valence-corrected chi connectivity index (χ2v) is 6.25. The zero-order valence-electron chi connectivity index (χ0n) is 7.68. The Hall–Kier alpha value is 0.340. The van der Waals surface area contributed by atoms with Gasteiger partial charge >= 0.3 is 0 Å². The highest BCUT2D eigenvalue weighted by molar-refractivity contribution is 6.53. The van der Waals surface area contributed by atoms with E-state index in [-0.39, 0.29) is 10.9 Å². The number of alkyl halides is 2. The molecule has 2 rings (SSSR count). The van der Waals surface area contributed by atoms with E-state index in [1.165, 1.54) is 0 Å². The van der Waals surface area contributed by atoms with Crippen LogP contribution in [0.2, 0.25) is 15.1 Å². The summed E-state index contributed by atoms with van der Waals surface area (Å²) in [6.07, 6.45) is 0.737. The van der Waals surface area contributed by atoms with Crippen molar-refractivity contribution < 1.29 is 4.79 Å². The molecule has 0 radical (unpaired) electrons. The Labute approximate surface area is 118 Å². The lowest BCUT2D eigenvalue weighted by Crippen LogP contribution is -1.91. The minimum Gasteiger partial charge on any atom is -0.303 e. The van der Waals surface area contributed by atoms with Crippen molar-refractivity contribution >= 4 is 64.3 Å². The first-order valence-corrected chi connectivity index (χ1v) is 6.26. The van der Waals surface area contributed by atoms with Gasteiger partial charge in [-0.2, -0.15) is 0 Å². The van der Waals surface area contributed by atoms with E-state index in [9.17, 15) is 4.79 Å². The standard InChI is InChI=1S/C10H5Cl5O/c11-6-1-4(2-7(12)9(6)13)8-5(3-16)10(8,14)15/h1-3,5,8H/t5-,8-/m0/s1. The van der Waals surface area contributed by atoms with E-state index >= 15 is 0 Å². The van der Waals surface area contributed by atoms with Gasteiger partial charge in [0.1, 0.15) is 10.6 Å². The molecule has 0 unspecified atom stereocenters. The van der Waals surface area contributed by atoms with Gasteiger partial charge < -0.3 is 4.79 Å². The Kier molecular flexibility index (Phi) is 3.37. The molecule has 6 heteroatoms. The molecule has 0 aliphatic heterocycles. The molecular formula is C10H5Cl5O. The summed E-state index contributed by atoms with van der Waals surface area (Å²) in [5.41, 5.74) is 0.724. The highest BCUT2D eigenvalue weighted by Gasteiger charge is 2.64. The van der Waals surface area contributed by atoms with Crippen LogP contribution in [-0.2, 0) is 4.79 Å². The first-order chi connectivity index (χ1) is 7.39. The maximum absolute atomic E-state index is 10.7. The molecule has 0 heterocycles. The monoisotopic (exact) mass is 316 g/mol. The largest absolute Gasteiger partial charge is 0.303 e. The number of hydrogen-bond acceptors (Lipinski definition) is 1. The second-order valence-electron chi connectivity index (χ2n) is 3.61. The fourth-order valence-electron chi connectivity index (χ4n) is 1.70. The molecule has 1 aliphatic carbocycles. The van der Waals surface area contributed by atoms with Gasteiger partial charge in [-0.1, -0.05) is 34.8 Å². The lowest BCUT2D eigenvalue weighted by molar-refractivity contribution is -0.108. The minimum absolute atomic E-state index is 0.277. The number of halogens is 5. The van der Waals surface area contributed by atoms with Crippen LogP contribution in [0.25, 0.3) is 0 Å². The molecule has 1 fully saturated rings. The van der Waals surface area contributed by atoms with Gasteiger partial charge in [0, 0.05) is 5.92 Å². The maximum Gasteiger partial charge on any atom is 0.136 e. The quantitative estimate of drug-likeness (QED) is 0.437. The smallest absolute Gasteiger partial charge is 0.136 e. The summed E-state index contributed by atoms with van der Waals surface area (Å²) < 4.78 is -1.07. The topological polar surface area (TPSA) is 17.1 Å². The molecule has 86 valence electrons. The molecular weight excluding hydrogens is 313 g/mol. The van der Waals surface area contributed by atoms with Gasteiger partial charge in [0.2, 0.25) is 0 Å². The molecule has 1 aromatic carbocycles. The van der Waals surface area contributed by atoms with E-state index in [0.717, 1.165) is 11.8 Å². The third-order valence-electron chi connectivity index (χ3n) is 2.62. The first kappa shape index (κ1) is 12.8. The zero-order valence-corrected chi connectivity index (χ0v) is 11.5. The van der Waals surface area contributed by atoms with Crippen LogP contribution in [0.1, 0.15) is 11.5 Å². The fraction of sp³-hybridized carbons (Fsp3) is 0.300. The van der Waals surface area contributed by atoms with Crippen LogP contribution in [-0.4, -0.2) is 10.6 Å². The van der Waals surface area contributed by atoms with E-state index in [0.29, 0.717) is 10.0 Å². The number of hydrogen-bond donors (Lipinski definition) is 0. The SMILES string of the molecule is O=C[C@H]1[C@H](c2cc(Cl)c(Cl)c(Cl)c2)C1(Cl)Cl. The van der Waals surface area contributed by atoms with Gasteiger partial charge in [-0.15, -0.1) is 23.2 Å². The molecule has 1 nitrogen and oxygen atoms in total. The van der Waals surface area contributed by atoms with Gasteiger partial charge in [0.25, 0.3) is 0 Å². The Morgan fingerprint density at radius 3 is 2.00 bits per heavy atom. The molecule has 16 heavy (non-hydrogen) atoms. The first-order valence-electron chi connectivity index (χ1n) is 4.37. The number of carbonyl (C=O) groups excluding carboxylic acids is 1. The maximum atomic E-state index is 10.7. The molecule has 0 bridgehead atoms. The summed E-state index contributed by atoms with van der Waals surface area (Å²) >= 11 is 29.5. The van der Waals surface area contributed by atoms with Gasteiger partial charge in [-0.3, -0.25) is 0 Å². The van der Waals surface area contributed by atoms with E-state index in [2.05, 4.69) is 0 Å². The zero-order chi connectivity index (χ0) is 12.1. The summed E-state index contributed by atoms with van der Waals surface area (Å²) in [7, 11) is 0. The Morgan fingerprint density at radius 1 is 1.12 bits per heavy atom. The van der Waals surface area contributed by atoms with Gasteiger partial charge in [0.05, 0.1) is 21.0 Å². The molecule has 1 aliphatic rings. The summed E-state index contributed by atoms with van der Waals surface area (Å²) in [5, 5.41) is 0.930. The molecule has 0 saturated heterocycles. The number of carbonyl (C=O) groups is 1. The Bertz CT molecular complexity index is 434. The summed E-state index contributed by atoms with van der Waals surface area (Å²) in [5.74, 6) is -0.704. The van der Waals surface area contributed by atoms with Crippen molar-refractivity contribution in [3.63, 3.8) is 0 Å². The predicted octanol–water partition coefficient (Wildman–Crippen LogP) is 4.73. The normalized spacial score (nSPS) is 26.6. The molecule has 0 amide bonds. The van der Waals surface area contributed by atoms with E-state index in [1.807, 2.05) is 0 Å². The minimum atomic E-state index is -1.07. The van der Waals surface area contributed by atoms with Crippen molar-refractivity contribution in [1.29, 1.82) is 0 Å². The molecule has 0 N–H and O–H groups in total. The van der Waals surface area contributed by atoms with Crippen molar-refractivity contribution in [2.45, 2.75) is 10.3 Å². The van der Waals surface area contributed by atoms with E-state index in [1.54, 1.807) is 12.1 Å². The van der Waals surface area contributed by atoms with E-state index < -0.39 is 10.3 Å². The average molecular weight is 318 g/mol. The molecule has 0 aromatic heterocycles. The Balaban J connectivity index is 2.41. The third-order valence-corrected chi connectivity index (χ3v) is 4.79. The average Bonchev–Trinajstić information content (AvgIpc) is 2.76. The van der Waals surface area contributed by atoms with Crippen LogP contribution in [0.4, 0.5) is 0 Å². The highest BCUT2D eigenvalue weighted by atomic mass is 35.5. The lowest BCUT2D eigenvalue weighted by atomic mass is 10.1. The van der Waals surface area contributed by atoms with E-state index in [4.69, 9.17) is 58.0 Å². The van der Waals surface area contributed by atoms with Crippen LogP contribution in [0.3, 0.4) is 0 Å². The van der Waals surface area contributed by atoms with Crippen molar-refractivity contribution in [2.75, 3.05) is 0 Å². The lowest BCUT2D eigenvalue weighted by Gasteiger charge is -2.04. The summed E-state index contributed by atoms with van der Waals surface area (Å²) in [6.45, 7) is 0.